The van der Waals surface area contributed by atoms with Gasteiger partial charge in [0.15, 0.2) is 0 Å². The zero-order valence-electron chi connectivity index (χ0n) is 28.7. The van der Waals surface area contributed by atoms with Crippen LogP contribution in [-0.4, -0.2) is 0 Å². The lowest BCUT2D eigenvalue weighted by Gasteiger charge is -2.31. The van der Waals surface area contributed by atoms with Crippen molar-refractivity contribution in [1.29, 1.82) is 0 Å². The van der Waals surface area contributed by atoms with Crippen molar-refractivity contribution in [2.45, 2.75) is 39.0 Å². The number of anilines is 3. The first kappa shape index (κ1) is 30.7. The van der Waals surface area contributed by atoms with Gasteiger partial charge in [0, 0.05) is 22.5 Å². The number of hydrogen-bond acceptors (Lipinski definition) is 1. The van der Waals surface area contributed by atoms with E-state index in [1.165, 1.54) is 72.6 Å². The van der Waals surface area contributed by atoms with Gasteiger partial charge in [0.05, 0.1) is 0 Å². The standard InChI is InChI=1S/C48H41N/c1-33(2)44-31-39(38-21-19-36(20-22-38)34-13-7-5-8-14-34)25-30-47(44)49(40-26-23-37(24-27-40)35-15-9-6-10-16-35)41-28-29-43-42-17-11-12-18-45(42)48(3,4)46(43)32-41/h5-33H,1-4H3. The van der Waals surface area contributed by atoms with Gasteiger partial charge in [0.1, 0.15) is 0 Å². The Kier molecular flexibility index (Phi) is 7.77. The van der Waals surface area contributed by atoms with E-state index in [2.05, 4.69) is 202 Å². The molecule has 49 heavy (non-hydrogen) atoms. The van der Waals surface area contributed by atoms with Crippen LogP contribution in [0.2, 0.25) is 0 Å². The third-order valence-electron chi connectivity index (χ3n) is 10.3. The van der Waals surface area contributed by atoms with Gasteiger partial charge in [-0.05, 0) is 104 Å². The minimum Gasteiger partial charge on any atom is -0.310 e. The van der Waals surface area contributed by atoms with Crippen molar-refractivity contribution in [2.24, 2.45) is 0 Å². The third-order valence-corrected chi connectivity index (χ3v) is 10.3. The summed E-state index contributed by atoms with van der Waals surface area (Å²) in [4.78, 5) is 2.46. The number of hydrogen-bond donors (Lipinski definition) is 0. The van der Waals surface area contributed by atoms with Crippen LogP contribution in [0, 0.1) is 0 Å². The van der Waals surface area contributed by atoms with E-state index in [0.717, 1.165) is 5.69 Å². The molecule has 0 atom stereocenters. The smallest absolute Gasteiger partial charge is 0.0496 e. The van der Waals surface area contributed by atoms with Crippen molar-refractivity contribution < 1.29 is 0 Å². The molecule has 0 fully saturated rings. The fourth-order valence-corrected chi connectivity index (χ4v) is 7.58. The molecule has 0 N–H and O–H groups in total. The van der Waals surface area contributed by atoms with Crippen molar-refractivity contribution >= 4 is 17.1 Å². The number of fused-ring (bicyclic) bond motifs is 3. The van der Waals surface area contributed by atoms with E-state index < -0.39 is 0 Å². The van der Waals surface area contributed by atoms with Crippen LogP contribution in [-0.2, 0) is 5.41 Å². The molecule has 0 amide bonds. The van der Waals surface area contributed by atoms with Gasteiger partial charge >= 0.3 is 0 Å². The van der Waals surface area contributed by atoms with Crippen LogP contribution in [0.5, 0.6) is 0 Å². The van der Waals surface area contributed by atoms with Crippen molar-refractivity contribution in [3.8, 4) is 44.5 Å². The van der Waals surface area contributed by atoms with Gasteiger partial charge in [-0.25, -0.2) is 0 Å². The summed E-state index contributed by atoms with van der Waals surface area (Å²) in [5.74, 6) is 0.319. The number of benzene rings is 7. The minimum atomic E-state index is -0.0819. The maximum absolute atomic E-state index is 2.46. The molecular weight excluding hydrogens is 591 g/mol. The second kappa shape index (κ2) is 12.4. The van der Waals surface area contributed by atoms with Gasteiger partial charge < -0.3 is 4.90 Å². The second-order valence-electron chi connectivity index (χ2n) is 14.0. The van der Waals surface area contributed by atoms with E-state index in [0.29, 0.717) is 5.92 Å². The van der Waals surface area contributed by atoms with E-state index in [1.54, 1.807) is 0 Å². The van der Waals surface area contributed by atoms with Gasteiger partial charge in [0.25, 0.3) is 0 Å². The molecule has 1 heteroatoms. The van der Waals surface area contributed by atoms with Crippen LogP contribution in [0.15, 0.2) is 170 Å². The first-order chi connectivity index (χ1) is 23.9. The Bertz CT molecular complexity index is 2240. The molecule has 0 radical (unpaired) electrons. The van der Waals surface area contributed by atoms with Gasteiger partial charge in [-0.3, -0.25) is 0 Å². The largest absolute Gasteiger partial charge is 0.310 e. The summed E-state index contributed by atoms with van der Waals surface area (Å²) < 4.78 is 0. The van der Waals surface area contributed by atoms with Crippen molar-refractivity contribution in [3.63, 3.8) is 0 Å². The topological polar surface area (TPSA) is 3.24 Å². The molecule has 0 aliphatic heterocycles. The summed E-state index contributed by atoms with van der Waals surface area (Å²) in [5, 5.41) is 0. The highest BCUT2D eigenvalue weighted by molar-refractivity contribution is 5.87. The number of rotatable bonds is 7. The molecule has 0 heterocycles. The summed E-state index contributed by atoms with van der Waals surface area (Å²) in [5.41, 5.74) is 17.6. The van der Waals surface area contributed by atoms with Crippen LogP contribution in [0.25, 0.3) is 44.5 Å². The molecule has 0 spiro atoms. The number of nitrogens with zero attached hydrogens (tertiary/aromatic N) is 1. The van der Waals surface area contributed by atoms with Crippen LogP contribution in [0.4, 0.5) is 17.1 Å². The SMILES string of the molecule is CC(C)c1cc(-c2ccc(-c3ccccc3)cc2)ccc1N(c1ccc(-c2ccccc2)cc1)c1ccc2c(c1)C(C)(C)c1ccccc1-2. The van der Waals surface area contributed by atoms with Crippen LogP contribution in [0.3, 0.4) is 0 Å². The molecular formula is C48H41N. The Morgan fingerprint density at radius 2 is 0.878 bits per heavy atom. The fourth-order valence-electron chi connectivity index (χ4n) is 7.58. The van der Waals surface area contributed by atoms with Crippen molar-refractivity contribution in [1.82, 2.24) is 0 Å². The van der Waals surface area contributed by atoms with E-state index in [1.807, 2.05) is 0 Å². The molecule has 0 saturated heterocycles. The first-order valence-corrected chi connectivity index (χ1v) is 17.4. The summed E-state index contributed by atoms with van der Waals surface area (Å²) in [6.45, 7) is 9.33. The monoisotopic (exact) mass is 631 g/mol. The van der Waals surface area contributed by atoms with Gasteiger partial charge in [-0.15, -0.1) is 0 Å². The van der Waals surface area contributed by atoms with Crippen LogP contribution in [0.1, 0.15) is 50.3 Å². The molecule has 0 unspecified atom stereocenters. The molecule has 1 aliphatic rings. The molecule has 8 rings (SSSR count). The highest BCUT2D eigenvalue weighted by Gasteiger charge is 2.35. The summed E-state index contributed by atoms with van der Waals surface area (Å²) in [6, 6.07) is 62.2. The summed E-state index contributed by atoms with van der Waals surface area (Å²) >= 11 is 0. The molecule has 7 aromatic rings. The lowest BCUT2D eigenvalue weighted by atomic mass is 9.82. The minimum absolute atomic E-state index is 0.0819. The van der Waals surface area contributed by atoms with Crippen LogP contribution >= 0.6 is 0 Å². The average molecular weight is 632 g/mol. The second-order valence-corrected chi connectivity index (χ2v) is 14.0. The van der Waals surface area contributed by atoms with Crippen molar-refractivity contribution in [2.75, 3.05) is 4.90 Å². The Balaban J connectivity index is 1.25. The van der Waals surface area contributed by atoms with E-state index in [9.17, 15) is 0 Å². The van der Waals surface area contributed by atoms with Crippen molar-refractivity contribution in [3.05, 3.63) is 187 Å². The zero-order chi connectivity index (χ0) is 33.5. The predicted molar refractivity (Wildman–Crippen MR) is 209 cm³/mol. The maximum atomic E-state index is 2.46. The van der Waals surface area contributed by atoms with Gasteiger partial charge in [-0.1, -0.05) is 161 Å². The molecule has 1 aliphatic carbocycles. The predicted octanol–water partition coefficient (Wildman–Crippen LogP) is 13.6. The zero-order valence-corrected chi connectivity index (χ0v) is 28.7. The van der Waals surface area contributed by atoms with Crippen LogP contribution < -0.4 is 4.90 Å². The summed E-state index contributed by atoms with van der Waals surface area (Å²) in [6.07, 6.45) is 0. The normalized spacial score (nSPS) is 12.8. The Morgan fingerprint density at radius 3 is 1.49 bits per heavy atom. The Morgan fingerprint density at radius 1 is 0.408 bits per heavy atom. The molecule has 0 bridgehead atoms. The molecule has 1 nitrogen and oxygen atoms in total. The lowest BCUT2D eigenvalue weighted by molar-refractivity contribution is 0.660. The molecule has 238 valence electrons. The maximum Gasteiger partial charge on any atom is 0.0496 e. The van der Waals surface area contributed by atoms with Gasteiger partial charge in [0.2, 0.25) is 0 Å². The summed E-state index contributed by atoms with van der Waals surface area (Å²) in [7, 11) is 0. The van der Waals surface area contributed by atoms with E-state index in [4.69, 9.17) is 0 Å². The highest BCUT2D eigenvalue weighted by Crippen LogP contribution is 2.51. The first-order valence-electron chi connectivity index (χ1n) is 17.4. The third kappa shape index (κ3) is 5.56. The highest BCUT2D eigenvalue weighted by atomic mass is 15.1. The molecule has 0 saturated carbocycles. The van der Waals surface area contributed by atoms with E-state index >= 15 is 0 Å². The Hall–Kier alpha value is -5.66. The van der Waals surface area contributed by atoms with E-state index in [-0.39, 0.29) is 5.41 Å². The quantitative estimate of drug-likeness (QED) is 0.169. The molecule has 0 aromatic heterocycles. The average Bonchev–Trinajstić information content (AvgIpc) is 3.38. The fraction of sp³-hybridized carbons (Fsp3) is 0.125. The Labute approximate surface area is 291 Å². The lowest BCUT2D eigenvalue weighted by Crippen LogP contribution is -2.17. The molecule has 7 aromatic carbocycles. The van der Waals surface area contributed by atoms with Gasteiger partial charge in [-0.2, -0.15) is 0 Å².